The summed E-state index contributed by atoms with van der Waals surface area (Å²) in [6.07, 6.45) is 4.79. The molecule has 4 heteroatoms. The van der Waals surface area contributed by atoms with Crippen LogP contribution < -0.4 is 10.6 Å². The van der Waals surface area contributed by atoms with Crippen molar-refractivity contribution in [3.05, 3.63) is 24.5 Å². The molecule has 18 heavy (non-hydrogen) atoms. The van der Waals surface area contributed by atoms with Crippen LogP contribution in [0, 0.1) is 0 Å². The molecule has 0 unspecified atom stereocenters. The van der Waals surface area contributed by atoms with Crippen LogP contribution in [-0.2, 0) is 0 Å². The molecule has 1 fully saturated rings. The fraction of sp³-hybridized carbons (Fsp3) is 0.643. The average molecular weight is 248 g/mol. The second-order valence-corrected chi connectivity index (χ2v) is 5.46. The molecule has 0 aromatic carbocycles. The minimum Gasteiger partial charge on any atom is -0.385 e. The van der Waals surface area contributed by atoms with Gasteiger partial charge in [0.05, 0.1) is 0 Å². The molecule has 1 aliphatic heterocycles. The van der Waals surface area contributed by atoms with E-state index < -0.39 is 0 Å². The Morgan fingerprint density at radius 1 is 1.28 bits per heavy atom. The third-order valence-corrected chi connectivity index (χ3v) is 3.72. The third-order valence-electron chi connectivity index (χ3n) is 3.72. The van der Waals surface area contributed by atoms with Crippen molar-refractivity contribution >= 4 is 5.69 Å². The number of aromatic nitrogens is 1. The van der Waals surface area contributed by atoms with E-state index in [-0.39, 0.29) is 5.54 Å². The van der Waals surface area contributed by atoms with Gasteiger partial charge in [-0.05, 0) is 32.4 Å². The van der Waals surface area contributed by atoms with Crippen LogP contribution in [-0.4, -0.2) is 48.1 Å². The van der Waals surface area contributed by atoms with Gasteiger partial charge in [-0.1, -0.05) is 0 Å². The quantitative estimate of drug-likeness (QED) is 0.830. The number of nitrogens with one attached hydrogen (secondary N) is 2. The van der Waals surface area contributed by atoms with Crippen molar-refractivity contribution in [1.82, 2.24) is 15.2 Å². The second kappa shape index (κ2) is 6.16. The van der Waals surface area contributed by atoms with Gasteiger partial charge in [0.2, 0.25) is 0 Å². The lowest BCUT2D eigenvalue weighted by Gasteiger charge is -2.41. The fourth-order valence-electron chi connectivity index (χ4n) is 2.41. The lowest BCUT2D eigenvalue weighted by Crippen LogP contribution is -2.53. The van der Waals surface area contributed by atoms with Gasteiger partial charge in [0.1, 0.15) is 0 Å². The molecule has 2 rings (SSSR count). The molecule has 0 spiro atoms. The summed E-state index contributed by atoms with van der Waals surface area (Å²) >= 11 is 0. The van der Waals surface area contributed by atoms with Crippen LogP contribution in [0.15, 0.2) is 24.5 Å². The normalized spacial score (nSPS) is 17.7. The molecule has 0 radical (unpaired) electrons. The third kappa shape index (κ3) is 3.68. The summed E-state index contributed by atoms with van der Waals surface area (Å²) < 4.78 is 0. The number of hydrogen-bond donors (Lipinski definition) is 2. The second-order valence-electron chi connectivity index (χ2n) is 5.46. The average Bonchev–Trinajstić information content (AvgIpc) is 2.41. The van der Waals surface area contributed by atoms with Gasteiger partial charge in [-0.15, -0.1) is 0 Å². The maximum Gasteiger partial charge on any atom is 0.0371 e. The van der Waals surface area contributed by atoms with Crippen LogP contribution in [0.3, 0.4) is 0 Å². The SMILES string of the molecule is CC(C)(CCNc1ccncc1)N1CCNCC1. The molecule has 4 nitrogen and oxygen atoms in total. The van der Waals surface area contributed by atoms with Crippen molar-refractivity contribution in [3.63, 3.8) is 0 Å². The van der Waals surface area contributed by atoms with E-state index >= 15 is 0 Å². The smallest absolute Gasteiger partial charge is 0.0371 e. The molecule has 0 amide bonds. The molecule has 1 aromatic rings. The van der Waals surface area contributed by atoms with Gasteiger partial charge in [0, 0.05) is 56.3 Å². The summed E-state index contributed by atoms with van der Waals surface area (Å²) in [7, 11) is 0. The molecule has 0 aliphatic carbocycles. The highest BCUT2D eigenvalue weighted by molar-refractivity contribution is 5.40. The molecule has 2 heterocycles. The minimum atomic E-state index is 0.266. The van der Waals surface area contributed by atoms with Crippen LogP contribution in [0.25, 0.3) is 0 Å². The number of pyridine rings is 1. The monoisotopic (exact) mass is 248 g/mol. The van der Waals surface area contributed by atoms with Gasteiger partial charge < -0.3 is 10.6 Å². The molecule has 0 saturated carbocycles. The number of anilines is 1. The van der Waals surface area contributed by atoms with E-state index in [9.17, 15) is 0 Å². The molecule has 0 atom stereocenters. The predicted octanol–water partition coefficient (Wildman–Crippen LogP) is 1.57. The summed E-state index contributed by atoms with van der Waals surface area (Å²) in [4.78, 5) is 6.60. The topological polar surface area (TPSA) is 40.2 Å². The zero-order chi connectivity index (χ0) is 12.8. The van der Waals surface area contributed by atoms with Crippen LogP contribution in [0.4, 0.5) is 5.69 Å². The Morgan fingerprint density at radius 3 is 2.61 bits per heavy atom. The van der Waals surface area contributed by atoms with Crippen molar-refractivity contribution in [1.29, 1.82) is 0 Å². The Bertz CT molecular complexity index is 344. The summed E-state index contributed by atoms with van der Waals surface area (Å²) in [5.41, 5.74) is 1.42. The van der Waals surface area contributed by atoms with Gasteiger partial charge in [-0.25, -0.2) is 0 Å². The lowest BCUT2D eigenvalue weighted by molar-refractivity contribution is 0.0987. The zero-order valence-corrected chi connectivity index (χ0v) is 11.4. The maximum atomic E-state index is 4.02. The molecule has 0 bridgehead atoms. The van der Waals surface area contributed by atoms with Gasteiger partial charge in [-0.3, -0.25) is 9.88 Å². The van der Waals surface area contributed by atoms with Crippen LogP contribution in [0.1, 0.15) is 20.3 Å². The minimum absolute atomic E-state index is 0.266. The van der Waals surface area contributed by atoms with Crippen molar-refractivity contribution in [2.24, 2.45) is 0 Å². The molecule has 2 N–H and O–H groups in total. The Hall–Kier alpha value is -1.13. The van der Waals surface area contributed by atoms with E-state index in [1.807, 2.05) is 24.5 Å². The number of piperazine rings is 1. The Morgan fingerprint density at radius 2 is 1.94 bits per heavy atom. The number of rotatable bonds is 5. The molecule has 100 valence electrons. The van der Waals surface area contributed by atoms with Crippen molar-refractivity contribution in [3.8, 4) is 0 Å². The van der Waals surface area contributed by atoms with Crippen LogP contribution in [0.2, 0.25) is 0 Å². The van der Waals surface area contributed by atoms with Crippen LogP contribution in [0.5, 0.6) is 0 Å². The Balaban J connectivity index is 1.77. The summed E-state index contributed by atoms with van der Waals surface area (Å²) in [5, 5.41) is 6.86. The fourth-order valence-corrected chi connectivity index (χ4v) is 2.41. The van der Waals surface area contributed by atoms with Crippen LogP contribution >= 0.6 is 0 Å². The van der Waals surface area contributed by atoms with E-state index in [1.54, 1.807) is 0 Å². The van der Waals surface area contributed by atoms with Crippen molar-refractivity contribution in [2.75, 3.05) is 38.0 Å². The molecule has 1 saturated heterocycles. The van der Waals surface area contributed by atoms with Gasteiger partial charge >= 0.3 is 0 Å². The highest BCUT2D eigenvalue weighted by Crippen LogP contribution is 2.19. The number of nitrogens with zero attached hydrogens (tertiary/aromatic N) is 2. The van der Waals surface area contributed by atoms with E-state index in [2.05, 4.69) is 34.4 Å². The van der Waals surface area contributed by atoms with E-state index in [4.69, 9.17) is 0 Å². The van der Waals surface area contributed by atoms with Gasteiger partial charge in [0.15, 0.2) is 0 Å². The summed E-state index contributed by atoms with van der Waals surface area (Å²) in [5.74, 6) is 0. The molecular weight excluding hydrogens is 224 g/mol. The van der Waals surface area contributed by atoms with Crippen molar-refractivity contribution in [2.45, 2.75) is 25.8 Å². The first-order chi connectivity index (χ1) is 8.68. The largest absolute Gasteiger partial charge is 0.385 e. The Kier molecular flexibility index (Phi) is 4.55. The Labute approximate surface area is 110 Å². The first-order valence-electron chi connectivity index (χ1n) is 6.78. The highest BCUT2D eigenvalue weighted by Gasteiger charge is 2.26. The summed E-state index contributed by atoms with van der Waals surface area (Å²) in [6.45, 7) is 10.2. The number of hydrogen-bond acceptors (Lipinski definition) is 4. The molecule has 1 aromatic heterocycles. The standard InChI is InChI=1S/C14H24N4/c1-14(2,18-11-9-16-10-12-18)5-8-17-13-3-6-15-7-4-13/h3-4,6-7,16H,5,8-12H2,1-2H3,(H,15,17). The first kappa shape index (κ1) is 13.3. The van der Waals surface area contributed by atoms with Crippen molar-refractivity contribution < 1.29 is 0 Å². The van der Waals surface area contributed by atoms with E-state index in [0.717, 1.165) is 44.8 Å². The van der Waals surface area contributed by atoms with E-state index in [0.29, 0.717) is 0 Å². The summed E-state index contributed by atoms with van der Waals surface area (Å²) in [6, 6.07) is 4.02. The molecule has 1 aliphatic rings. The van der Waals surface area contributed by atoms with Gasteiger partial charge in [0.25, 0.3) is 0 Å². The predicted molar refractivity (Wildman–Crippen MR) is 75.9 cm³/mol. The maximum absolute atomic E-state index is 4.02. The van der Waals surface area contributed by atoms with E-state index in [1.165, 1.54) is 0 Å². The van der Waals surface area contributed by atoms with Gasteiger partial charge in [-0.2, -0.15) is 0 Å². The zero-order valence-electron chi connectivity index (χ0n) is 11.4. The lowest BCUT2D eigenvalue weighted by atomic mass is 9.97. The first-order valence-corrected chi connectivity index (χ1v) is 6.78. The highest BCUT2D eigenvalue weighted by atomic mass is 15.2. The molecular formula is C14H24N4.